The van der Waals surface area contributed by atoms with Crippen LogP contribution in [0, 0.1) is 6.92 Å². The first-order chi connectivity index (χ1) is 16.9. The average molecular weight is 508 g/mol. The van der Waals surface area contributed by atoms with E-state index in [1.807, 2.05) is 79.7 Å². The minimum Gasteiger partial charge on any atom is -0.497 e. The smallest absolute Gasteiger partial charge is 0.238 e. The standard InChI is InChI=1S/C27H26ClN3O3S/c1-18-4-3-5-22(16-18)29-26(33)24-17-25(32)31(15-14-19-6-8-20(28)9-7-19)27(35-24)30-21-10-12-23(34-2)13-11-21/h3-13,16,24H,14-15,17H2,1-2H3,(H,29,33)/t24-/m1/s1. The molecular formula is C27H26ClN3O3S. The number of hydrogen-bond donors (Lipinski definition) is 1. The van der Waals surface area contributed by atoms with Gasteiger partial charge in [-0.3, -0.25) is 14.5 Å². The molecule has 1 aliphatic heterocycles. The van der Waals surface area contributed by atoms with Crippen molar-refractivity contribution >= 4 is 51.7 Å². The van der Waals surface area contributed by atoms with Crippen LogP contribution >= 0.6 is 23.4 Å². The monoisotopic (exact) mass is 507 g/mol. The van der Waals surface area contributed by atoms with Crippen LogP contribution in [0.2, 0.25) is 5.02 Å². The van der Waals surface area contributed by atoms with E-state index in [1.165, 1.54) is 11.8 Å². The van der Waals surface area contributed by atoms with E-state index in [0.29, 0.717) is 34.5 Å². The molecule has 2 amide bonds. The van der Waals surface area contributed by atoms with E-state index in [2.05, 4.69) is 5.32 Å². The first-order valence-corrected chi connectivity index (χ1v) is 12.5. The summed E-state index contributed by atoms with van der Waals surface area (Å²) in [6, 6.07) is 22.4. The van der Waals surface area contributed by atoms with Crippen LogP contribution in [-0.2, 0) is 16.0 Å². The van der Waals surface area contributed by atoms with E-state index >= 15 is 0 Å². The molecule has 1 atom stereocenters. The molecule has 180 valence electrons. The van der Waals surface area contributed by atoms with Crippen molar-refractivity contribution in [1.29, 1.82) is 0 Å². The largest absolute Gasteiger partial charge is 0.497 e. The number of ether oxygens (including phenoxy) is 1. The molecule has 0 spiro atoms. The Hall–Kier alpha value is -3.29. The van der Waals surface area contributed by atoms with Gasteiger partial charge in [0.15, 0.2) is 5.17 Å². The van der Waals surface area contributed by atoms with Crippen molar-refractivity contribution < 1.29 is 14.3 Å². The Kier molecular flexibility index (Phi) is 8.10. The van der Waals surface area contributed by atoms with Crippen LogP contribution < -0.4 is 10.1 Å². The quantitative estimate of drug-likeness (QED) is 0.435. The fourth-order valence-corrected chi connectivity index (χ4v) is 4.92. The van der Waals surface area contributed by atoms with E-state index in [0.717, 1.165) is 16.9 Å². The van der Waals surface area contributed by atoms with Crippen molar-refractivity contribution in [3.63, 3.8) is 0 Å². The molecule has 0 aliphatic carbocycles. The highest BCUT2D eigenvalue weighted by Gasteiger charge is 2.35. The number of benzene rings is 3. The van der Waals surface area contributed by atoms with Gasteiger partial charge in [0, 0.05) is 23.7 Å². The number of hydrogen-bond acceptors (Lipinski definition) is 5. The molecule has 3 aromatic rings. The van der Waals surface area contributed by atoms with Crippen LogP contribution in [-0.4, -0.2) is 40.8 Å². The Morgan fingerprint density at radius 1 is 1.14 bits per heavy atom. The third kappa shape index (κ3) is 6.65. The van der Waals surface area contributed by atoms with Crippen LogP contribution in [0.5, 0.6) is 5.75 Å². The molecule has 8 heteroatoms. The lowest BCUT2D eigenvalue weighted by Gasteiger charge is -2.32. The predicted octanol–water partition coefficient (Wildman–Crippen LogP) is 5.86. The summed E-state index contributed by atoms with van der Waals surface area (Å²) >= 11 is 7.31. The van der Waals surface area contributed by atoms with E-state index in [9.17, 15) is 9.59 Å². The van der Waals surface area contributed by atoms with Crippen molar-refractivity contribution in [3.05, 3.63) is 88.9 Å². The van der Waals surface area contributed by atoms with E-state index in [1.54, 1.807) is 12.0 Å². The van der Waals surface area contributed by atoms with Gasteiger partial charge < -0.3 is 10.1 Å². The van der Waals surface area contributed by atoms with Gasteiger partial charge in [-0.25, -0.2) is 4.99 Å². The number of aliphatic imine (C=N–C) groups is 1. The fraction of sp³-hybridized carbons (Fsp3) is 0.222. The minimum absolute atomic E-state index is 0.102. The Morgan fingerprint density at radius 3 is 2.57 bits per heavy atom. The van der Waals surface area contributed by atoms with Crippen molar-refractivity contribution in [2.45, 2.75) is 25.0 Å². The highest BCUT2D eigenvalue weighted by atomic mass is 35.5. The van der Waals surface area contributed by atoms with Gasteiger partial charge in [-0.05, 0) is 73.0 Å². The maximum absolute atomic E-state index is 13.2. The number of methoxy groups -OCH3 is 1. The predicted molar refractivity (Wildman–Crippen MR) is 143 cm³/mol. The lowest BCUT2D eigenvalue weighted by molar-refractivity contribution is -0.129. The van der Waals surface area contributed by atoms with Gasteiger partial charge in [-0.2, -0.15) is 0 Å². The highest BCUT2D eigenvalue weighted by molar-refractivity contribution is 8.15. The van der Waals surface area contributed by atoms with Crippen molar-refractivity contribution in [3.8, 4) is 5.75 Å². The zero-order valence-electron chi connectivity index (χ0n) is 19.5. The van der Waals surface area contributed by atoms with Crippen molar-refractivity contribution in [2.75, 3.05) is 19.0 Å². The summed E-state index contributed by atoms with van der Waals surface area (Å²) in [6.07, 6.45) is 0.746. The number of aryl methyl sites for hydroxylation is 1. The third-order valence-electron chi connectivity index (χ3n) is 5.55. The maximum Gasteiger partial charge on any atom is 0.238 e. The number of anilines is 1. The molecule has 0 aromatic heterocycles. The number of nitrogens with zero attached hydrogens (tertiary/aromatic N) is 2. The Bertz CT molecular complexity index is 1230. The highest BCUT2D eigenvalue weighted by Crippen LogP contribution is 2.31. The number of rotatable bonds is 7. The van der Waals surface area contributed by atoms with Gasteiger partial charge in [-0.15, -0.1) is 0 Å². The Labute approximate surface area is 214 Å². The average Bonchev–Trinajstić information content (AvgIpc) is 2.85. The van der Waals surface area contributed by atoms with Crippen LogP contribution in [0.25, 0.3) is 0 Å². The van der Waals surface area contributed by atoms with Gasteiger partial charge >= 0.3 is 0 Å². The SMILES string of the molecule is COc1ccc(N=C2S[C@@H](C(=O)Nc3cccc(C)c3)CC(=O)N2CCc2ccc(Cl)cc2)cc1. The number of carbonyl (C=O) groups excluding carboxylic acids is 2. The number of thioether (sulfide) groups is 1. The molecule has 4 rings (SSSR count). The topological polar surface area (TPSA) is 71.0 Å². The van der Waals surface area contributed by atoms with E-state index in [-0.39, 0.29) is 18.2 Å². The van der Waals surface area contributed by atoms with Gasteiger partial charge in [0.05, 0.1) is 12.8 Å². The Balaban J connectivity index is 1.55. The molecule has 1 aliphatic rings. The fourth-order valence-electron chi connectivity index (χ4n) is 3.67. The lowest BCUT2D eigenvalue weighted by atomic mass is 10.1. The second-order valence-electron chi connectivity index (χ2n) is 8.18. The summed E-state index contributed by atoms with van der Waals surface area (Å²) in [4.78, 5) is 32.6. The second kappa shape index (κ2) is 11.4. The van der Waals surface area contributed by atoms with Crippen molar-refractivity contribution in [1.82, 2.24) is 4.90 Å². The molecule has 0 saturated carbocycles. The summed E-state index contributed by atoms with van der Waals surface area (Å²) in [6.45, 7) is 2.42. The summed E-state index contributed by atoms with van der Waals surface area (Å²) < 4.78 is 5.23. The van der Waals surface area contributed by atoms with Gasteiger partial charge in [0.2, 0.25) is 11.8 Å². The molecule has 1 N–H and O–H groups in total. The Morgan fingerprint density at radius 2 is 1.89 bits per heavy atom. The van der Waals surface area contributed by atoms with Crippen LogP contribution in [0.1, 0.15) is 17.5 Å². The summed E-state index contributed by atoms with van der Waals surface area (Å²) in [5, 5.41) is 3.53. The zero-order valence-corrected chi connectivity index (χ0v) is 21.1. The number of halogens is 1. The molecule has 1 fully saturated rings. The van der Waals surface area contributed by atoms with E-state index in [4.69, 9.17) is 21.3 Å². The summed E-state index contributed by atoms with van der Waals surface area (Å²) in [5.74, 6) is 0.374. The molecule has 0 radical (unpaired) electrons. The van der Waals surface area contributed by atoms with Crippen molar-refractivity contribution in [2.24, 2.45) is 4.99 Å². The van der Waals surface area contributed by atoms with Crippen LogP contribution in [0.15, 0.2) is 77.8 Å². The molecule has 1 heterocycles. The molecule has 1 saturated heterocycles. The summed E-state index contributed by atoms with van der Waals surface area (Å²) in [5.41, 5.74) is 3.50. The molecule has 0 bridgehead atoms. The van der Waals surface area contributed by atoms with Gasteiger partial charge in [0.25, 0.3) is 0 Å². The molecule has 3 aromatic carbocycles. The number of amidine groups is 1. The molecule has 35 heavy (non-hydrogen) atoms. The lowest BCUT2D eigenvalue weighted by Crippen LogP contribution is -2.46. The number of nitrogens with one attached hydrogen (secondary N) is 1. The first-order valence-electron chi connectivity index (χ1n) is 11.2. The van der Waals surface area contributed by atoms with Crippen LogP contribution in [0.4, 0.5) is 11.4 Å². The summed E-state index contributed by atoms with van der Waals surface area (Å²) in [7, 11) is 1.60. The third-order valence-corrected chi connectivity index (χ3v) is 6.99. The normalized spacial score (nSPS) is 16.9. The number of carbonyl (C=O) groups is 2. The first kappa shape index (κ1) is 24.8. The van der Waals surface area contributed by atoms with Crippen LogP contribution in [0.3, 0.4) is 0 Å². The zero-order chi connectivity index (χ0) is 24.8. The minimum atomic E-state index is -0.577. The van der Waals surface area contributed by atoms with Gasteiger partial charge in [-0.1, -0.05) is 47.6 Å². The van der Waals surface area contributed by atoms with Gasteiger partial charge in [0.1, 0.15) is 11.0 Å². The second-order valence-corrected chi connectivity index (χ2v) is 9.79. The molecule has 0 unspecified atom stereocenters. The molecular weight excluding hydrogens is 482 g/mol. The molecule has 6 nitrogen and oxygen atoms in total. The maximum atomic E-state index is 13.2. The van der Waals surface area contributed by atoms with E-state index < -0.39 is 5.25 Å². The number of amides is 2.